The van der Waals surface area contributed by atoms with Gasteiger partial charge < -0.3 is 24.0 Å². The predicted molar refractivity (Wildman–Crippen MR) is 197 cm³/mol. The van der Waals surface area contributed by atoms with E-state index in [1.54, 1.807) is 31.9 Å². The minimum absolute atomic E-state index is 0.0185. The quantitative estimate of drug-likeness (QED) is 0.403. The van der Waals surface area contributed by atoms with Gasteiger partial charge in [0.25, 0.3) is 5.91 Å². The largest absolute Gasteiger partial charge is 0.490 e. The highest BCUT2D eigenvalue weighted by Crippen LogP contribution is 2.49. The molecule has 0 radical (unpaired) electrons. The lowest BCUT2D eigenvalue weighted by Crippen LogP contribution is -2.53. The van der Waals surface area contributed by atoms with Crippen LogP contribution in [0, 0.1) is 23.7 Å². The van der Waals surface area contributed by atoms with Crippen LogP contribution in [0.25, 0.3) is 0 Å². The molecule has 0 unspecified atom stereocenters. The molecule has 1 saturated carbocycles. The number of sulfonamides is 1. The first-order chi connectivity index (χ1) is 24.3. The monoisotopic (exact) mass is 741 g/mol. The Morgan fingerprint density at radius 1 is 1.02 bits per heavy atom. The molecule has 6 atom stereocenters. The summed E-state index contributed by atoms with van der Waals surface area (Å²) in [5.41, 5.74) is 3.35. The third-order valence-corrected chi connectivity index (χ3v) is 15.0. The number of hydrogen-bond donors (Lipinski definition) is 1. The average Bonchev–Trinajstić information content (AvgIpc) is 3.25. The Bertz CT molecular complexity index is 1750. The number of amides is 2. The first kappa shape index (κ1) is 36.5. The molecule has 1 N–H and O–H groups in total. The molecule has 2 aromatic rings. The van der Waals surface area contributed by atoms with E-state index in [0.29, 0.717) is 55.9 Å². The smallest absolute Gasteiger partial charge is 0.264 e. The van der Waals surface area contributed by atoms with Gasteiger partial charge in [0.15, 0.2) is 6.29 Å². The number of anilines is 1. The first-order valence-electron chi connectivity index (χ1n) is 18.7. The highest BCUT2D eigenvalue weighted by molar-refractivity contribution is 7.90. The number of rotatable bonds is 2. The van der Waals surface area contributed by atoms with Gasteiger partial charge in [0.2, 0.25) is 15.9 Å². The molecule has 5 aliphatic rings. The number of aryl methyl sites for hydroxylation is 1. The van der Waals surface area contributed by atoms with Crippen molar-refractivity contribution in [3.63, 3.8) is 0 Å². The molecule has 2 fully saturated rings. The number of likely N-dealkylation sites (N-methyl/N-ethyl adjacent to an activating group) is 1. The van der Waals surface area contributed by atoms with E-state index < -0.39 is 27.5 Å². The van der Waals surface area contributed by atoms with Gasteiger partial charge in [-0.05, 0) is 111 Å². The molecule has 2 aromatic carbocycles. The van der Waals surface area contributed by atoms with E-state index in [2.05, 4.69) is 21.8 Å². The Morgan fingerprint density at radius 3 is 2.53 bits per heavy atom. The molecule has 3 aliphatic heterocycles. The maximum Gasteiger partial charge on any atom is 0.264 e. The number of nitrogens with zero attached hydrogens (tertiary/aromatic N) is 2. The topological polar surface area (TPSA) is 114 Å². The highest BCUT2D eigenvalue weighted by atomic mass is 35.5. The van der Waals surface area contributed by atoms with Crippen LogP contribution in [0.2, 0.25) is 5.02 Å². The minimum Gasteiger partial charge on any atom is -0.490 e. The SMILES string of the molecule is CC(=O)N(C)[C@H]1CO[C@H]([C@H]2CCC[C@H](C)[C@@H](C)S(=O)(=O)NC(=O)c3ccc4c(c3)N(C[C@@H]3CC[C@H]32)C[C@@]2(CCCc3cc(Cl)ccc32)CO4)OC1. The van der Waals surface area contributed by atoms with Crippen LogP contribution in [-0.4, -0.2) is 82.7 Å². The molecule has 1 saturated heterocycles. The molecule has 7 rings (SSSR count). The molecule has 2 aliphatic carbocycles. The fraction of sp³-hybridized carbons (Fsp3) is 0.641. The molecular formula is C39H52ClN3O7S. The van der Waals surface area contributed by atoms with E-state index in [-0.39, 0.29) is 29.2 Å². The maximum absolute atomic E-state index is 13.6. The lowest BCUT2D eigenvalue weighted by atomic mass is 9.64. The van der Waals surface area contributed by atoms with Crippen LogP contribution < -0.4 is 14.4 Å². The summed E-state index contributed by atoms with van der Waals surface area (Å²) in [6, 6.07) is 11.4. The minimum atomic E-state index is -3.94. The van der Waals surface area contributed by atoms with Crippen LogP contribution in [0.5, 0.6) is 5.75 Å². The van der Waals surface area contributed by atoms with Gasteiger partial charge in [-0.25, -0.2) is 13.1 Å². The van der Waals surface area contributed by atoms with Gasteiger partial charge >= 0.3 is 0 Å². The second-order valence-corrected chi connectivity index (χ2v) is 18.3. The van der Waals surface area contributed by atoms with Gasteiger partial charge in [0.1, 0.15) is 5.75 Å². The first-order valence-corrected chi connectivity index (χ1v) is 20.6. The second kappa shape index (κ2) is 14.5. The Kier molecular flexibility index (Phi) is 10.4. The van der Waals surface area contributed by atoms with E-state index in [0.717, 1.165) is 62.2 Å². The standard InChI is InChI=1S/C39H52ClN3O7S/c1-24-7-5-9-33(38-48-20-31(21-49-38)42(4)26(3)44)32-13-10-29(32)19-43-22-39(16-6-8-27-17-30(40)12-14-34(27)39)23-50-36-15-11-28(18-35(36)43)37(45)41-51(46,47)25(24)2/h11-12,14-15,17-18,24-25,29,31-33,38H,5-10,13,16,19-23H2,1-4H3,(H,41,45)/t24-,25+,29-,31-,32+,33-,38-,39-/m0/s1. The number of benzene rings is 2. The van der Waals surface area contributed by atoms with Crippen molar-refractivity contribution in [2.24, 2.45) is 23.7 Å². The molecule has 278 valence electrons. The molecule has 51 heavy (non-hydrogen) atoms. The van der Waals surface area contributed by atoms with Crippen LogP contribution in [0.4, 0.5) is 5.69 Å². The number of halogens is 1. The number of carbonyl (C=O) groups is 2. The van der Waals surface area contributed by atoms with Crippen molar-refractivity contribution in [3.8, 4) is 5.75 Å². The molecule has 12 heteroatoms. The van der Waals surface area contributed by atoms with Gasteiger partial charge in [0, 0.05) is 49.0 Å². The van der Waals surface area contributed by atoms with Crippen LogP contribution in [0.1, 0.15) is 87.2 Å². The summed E-state index contributed by atoms with van der Waals surface area (Å²) in [7, 11) is -2.15. The Morgan fingerprint density at radius 2 is 1.80 bits per heavy atom. The molecule has 3 heterocycles. The highest BCUT2D eigenvalue weighted by Gasteiger charge is 2.47. The summed E-state index contributed by atoms with van der Waals surface area (Å²) in [5.74, 6) is 0.717. The van der Waals surface area contributed by atoms with Crippen molar-refractivity contribution >= 4 is 39.1 Å². The van der Waals surface area contributed by atoms with E-state index in [1.807, 2.05) is 25.1 Å². The lowest BCUT2D eigenvalue weighted by Gasteiger charge is -2.49. The van der Waals surface area contributed by atoms with E-state index in [4.69, 9.17) is 25.8 Å². The van der Waals surface area contributed by atoms with Gasteiger partial charge in [0.05, 0.1) is 36.8 Å². The summed E-state index contributed by atoms with van der Waals surface area (Å²) < 4.78 is 48.9. The van der Waals surface area contributed by atoms with Crippen LogP contribution >= 0.6 is 11.6 Å². The van der Waals surface area contributed by atoms with Crippen molar-refractivity contribution < 1.29 is 32.2 Å². The number of hydrogen-bond acceptors (Lipinski definition) is 8. The maximum atomic E-state index is 13.6. The van der Waals surface area contributed by atoms with Gasteiger partial charge in [-0.3, -0.25) is 9.59 Å². The molecule has 2 bridgehead atoms. The zero-order valence-corrected chi connectivity index (χ0v) is 31.8. The van der Waals surface area contributed by atoms with Crippen LogP contribution in [0.3, 0.4) is 0 Å². The predicted octanol–water partition coefficient (Wildman–Crippen LogP) is 5.94. The summed E-state index contributed by atoms with van der Waals surface area (Å²) >= 11 is 6.47. The van der Waals surface area contributed by atoms with E-state index in [1.165, 1.54) is 11.1 Å². The fourth-order valence-electron chi connectivity index (χ4n) is 9.21. The number of ether oxygens (including phenoxy) is 3. The summed E-state index contributed by atoms with van der Waals surface area (Å²) in [5, 5.41) is -0.0209. The Balaban J connectivity index is 1.25. The molecule has 0 aromatic heterocycles. The second-order valence-electron chi connectivity index (χ2n) is 15.9. The summed E-state index contributed by atoms with van der Waals surface area (Å²) in [4.78, 5) is 29.7. The zero-order valence-electron chi connectivity index (χ0n) is 30.2. The normalized spacial score (nSPS) is 33.8. The van der Waals surface area contributed by atoms with Gasteiger partial charge in [-0.15, -0.1) is 0 Å². The average molecular weight is 742 g/mol. The summed E-state index contributed by atoms with van der Waals surface area (Å²) in [6.45, 7) is 7.99. The third kappa shape index (κ3) is 7.25. The Labute approximate surface area is 307 Å². The molecule has 2 amide bonds. The van der Waals surface area contributed by atoms with Crippen LogP contribution in [0.15, 0.2) is 36.4 Å². The van der Waals surface area contributed by atoms with Crippen LogP contribution in [-0.2, 0) is 36.1 Å². The third-order valence-electron chi connectivity index (χ3n) is 12.8. The molecular weight excluding hydrogens is 690 g/mol. The van der Waals surface area contributed by atoms with Crippen molar-refractivity contribution in [3.05, 3.63) is 58.1 Å². The molecule has 10 nitrogen and oxygen atoms in total. The van der Waals surface area contributed by atoms with Crippen molar-refractivity contribution in [2.75, 3.05) is 44.9 Å². The summed E-state index contributed by atoms with van der Waals surface area (Å²) in [6.07, 6.45) is 7.03. The van der Waals surface area contributed by atoms with Crippen molar-refractivity contribution in [1.29, 1.82) is 0 Å². The zero-order chi connectivity index (χ0) is 36.1. The van der Waals surface area contributed by atoms with Gasteiger partial charge in [-0.2, -0.15) is 0 Å². The van der Waals surface area contributed by atoms with E-state index in [9.17, 15) is 18.0 Å². The fourth-order valence-corrected chi connectivity index (χ4v) is 10.7. The lowest BCUT2D eigenvalue weighted by molar-refractivity contribution is -0.241. The van der Waals surface area contributed by atoms with Crippen molar-refractivity contribution in [1.82, 2.24) is 9.62 Å². The number of nitrogens with one attached hydrogen (secondary N) is 1. The van der Waals surface area contributed by atoms with Crippen molar-refractivity contribution in [2.45, 2.75) is 95.1 Å². The van der Waals surface area contributed by atoms with E-state index >= 15 is 0 Å². The molecule has 1 spiro atoms. The number of carbonyl (C=O) groups excluding carboxylic acids is 2. The number of fused-ring (bicyclic) bond motifs is 4. The van der Waals surface area contributed by atoms with Gasteiger partial charge in [-0.1, -0.05) is 31.0 Å². The Hall–Kier alpha value is -2.86.